The molecule has 0 aliphatic carbocycles. The third-order valence-electron chi connectivity index (χ3n) is 5.36. The fourth-order valence-corrected chi connectivity index (χ4v) is 3.75. The summed E-state index contributed by atoms with van der Waals surface area (Å²) in [6.07, 6.45) is 5.31. The van der Waals surface area contributed by atoms with E-state index in [0.29, 0.717) is 18.8 Å². The zero-order valence-electron chi connectivity index (χ0n) is 15.9. The number of hydrogen-bond acceptors (Lipinski definition) is 3. The fourth-order valence-electron chi connectivity index (χ4n) is 3.75. The van der Waals surface area contributed by atoms with Gasteiger partial charge in [-0.25, -0.2) is 0 Å². The number of amides is 1. The molecule has 0 bridgehead atoms. The molecular formula is C22H29N3O. The minimum Gasteiger partial charge on any atom is -0.371 e. The summed E-state index contributed by atoms with van der Waals surface area (Å²) in [5.41, 5.74) is 3.10. The van der Waals surface area contributed by atoms with Gasteiger partial charge in [-0.1, -0.05) is 30.3 Å². The van der Waals surface area contributed by atoms with Gasteiger partial charge in [0.15, 0.2) is 0 Å². The Balaban J connectivity index is 1.61. The Hall–Kier alpha value is -2.36. The van der Waals surface area contributed by atoms with Crippen LogP contribution in [0.4, 0.5) is 5.69 Å². The molecule has 1 aromatic carbocycles. The maximum atomic E-state index is 12.5. The molecule has 2 heterocycles. The van der Waals surface area contributed by atoms with Gasteiger partial charge < -0.3 is 9.80 Å². The highest BCUT2D eigenvalue weighted by atomic mass is 16.2. The van der Waals surface area contributed by atoms with Crippen LogP contribution in [0.1, 0.15) is 42.7 Å². The van der Waals surface area contributed by atoms with E-state index in [9.17, 15) is 4.79 Å². The molecule has 1 aliphatic rings. The molecule has 1 saturated heterocycles. The first-order valence-corrected chi connectivity index (χ1v) is 9.75. The second-order valence-corrected chi connectivity index (χ2v) is 7.00. The summed E-state index contributed by atoms with van der Waals surface area (Å²) in [6, 6.07) is 14.7. The lowest BCUT2D eigenvalue weighted by atomic mass is 9.90. The van der Waals surface area contributed by atoms with Crippen LogP contribution in [0.2, 0.25) is 0 Å². The molecule has 1 aromatic heterocycles. The summed E-state index contributed by atoms with van der Waals surface area (Å²) >= 11 is 0. The van der Waals surface area contributed by atoms with Gasteiger partial charge in [-0.3, -0.25) is 9.78 Å². The Kier molecular flexibility index (Phi) is 6.26. The normalized spacial score (nSPS) is 15.1. The minimum atomic E-state index is 0.0239. The van der Waals surface area contributed by atoms with Crippen molar-refractivity contribution in [1.82, 2.24) is 9.88 Å². The largest absolute Gasteiger partial charge is 0.371 e. The van der Waals surface area contributed by atoms with Gasteiger partial charge in [-0.15, -0.1) is 0 Å². The summed E-state index contributed by atoms with van der Waals surface area (Å²) < 4.78 is 0. The van der Waals surface area contributed by atoms with E-state index in [1.165, 1.54) is 18.4 Å². The molecule has 0 unspecified atom stereocenters. The van der Waals surface area contributed by atoms with E-state index in [-0.39, 0.29) is 5.91 Å². The van der Waals surface area contributed by atoms with Gasteiger partial charge in [-0.05, 0) is 56.7 Å². The first kappa shape index (κ1) is 18.4. The maximum absolute atomic E-state index is 12.5. The smallest absolute Gasteiger partial charge is 0.272 e. The van der Waals surface area contributed by atoms with Crippen LogP contribution in [0.5, 0.6) is 0 Å². The molecule has 2 aromatic rings. The zero-order valence-corrected chi connectivity index (χ0v) is 15.9. The molecule has 1 aliphatic heterocycles. The number of hydrogen-bond donors (Lipinski definition) is 0. The lowest BCUT2D eigenvalue weighted by Crippen LogP contribution is -2.35. The van der Waals surface area contributed by atoms with E-state index in [2.05, 4.69) is 40.2 Å². The summed E-state index contributed by atoms with van der Waals surface area (Å²) in [7, 11) is 0. The zero-order chi connectivity index (χ0) is 18.4. The quantitative estimate of drug-likeness (QED) is 0.788. The number of piperidine rings is 1. The molecule has 4 nitrogen and oxygen atoms in total. The molecule has 3 rings (SSSR count). The van der Waals surface area contributed by atoms with Crippen LogP contribution >= 0.6 is 0 Å². The number of aromatic nitrogens is 1. The van der Waals surface area contributed by atoms with Crippen molar-refractivity contribution < 1.29 is 4.79 Å². The summed E-state index contributed by atoms with van der Waals surface area (Å²) in [5, 5.41) is 0. The molecule has 26 heavy (non-hydrogen) atoms. The predicted octanol–water partition coefficient (Wildman–Crippen LogP) is 4.02. The Morgan fingerprint density at radius 2 is 1.81 bits per heavy atom. The topological polar surface area (TPSA) is 36.4 Å². The highest BCUT2D eigenvalue weighted by Gasteiger charge is 2.21. The average molecular weight is 351 g/mol. The highest BCUT2D eigenvalue weighted by Crippen LogP contribution is 2.26. The molecule has 1 fully saturated rings. The van der Waals surface area contributed by atoms with Crippen molar-refractivity contribution >= 4 is 11.6 Å². The lowest BCUT2D eigenvalue weighted by molar-refractivity contribution is 0.0767. The van der Waals surface area contributed by atoms with Crippen molar-refractivity contribution in [1.29, 1.82) is 0 Å². The van der Waals surface area contributed by atoms with Crippen molar-refractivity contribution in [2.45, 2.75) is 33.1 Å². The first-order chi connectivity index (χ1) is 12.7. The Labute approximate surface area is 156 Å². The number of pyridine rings is 1. The second kappa shape index (κ2) is 8.84. The molecule has 0 saturated carbocycles. The number of carbonyl (C=O) groups is 1. The van der Waals surface area contributed by atoms with Crippen LogP contribution in [-0.2, 0) is 6.42 Å². The molecule has 4 heteroatoms. The standard InChI is InChI=1S/C22H29N3O/c1-3-24(4-2)22(26)21-17-20(10-13-23-21)25-14-11-19(12-15-25)16-18-8-6-5-7-9-18/h5-10,13,17,19H,3-4,11-12,14-16H2,1-2H3. The predicted molar refractivity (Wildman–Crippen MR) is 107 cm³/mol. The lowest BCUT2D eigenvalue weighted by Gasteiger charge is -2.34. The Bertz CT molecular complexity index is 704. The number of rotatable bonds is 6. The van der Waals surface area contributed by atoms with Gasteiger partial charge >= 0.3 is 0 Å². The second-order valence-electron chi connectivity index (χ2n) is 7.00. The van der Waals surface area contributed by atoms with Crippen LogP contribution in [0.3, 0.4) is 0 Å². The summed E-state index contributed by atoms with van der Waals surface area (Å²) in [4.78, 5) is 21.1. The van der Waals surface area contributed by atoms with Crippen molar-refractivity contribution in [3.8, 4) is 0 Å². The van der Waals surface area contributed by atoms with E-state index in [4.69, 9.17) is 0 Å². The van der Waals surface area contributed by atoms with Crippen LogP contribution in [0.15, 0.2) is 48.7 Å². The Morgan fingerprint density at radius 1 is 1.12 bits per heavy atom. The van der Waals surface area contributed by atoms with Gasteiger partial charge in [-0.2, -0.15) is 0 Å². The van der Waals surface area contributed by atoms with Gasteiger partial charge in [0.05, 0.1) is 0 Å². The Morgan fingerprint density at radius 3 is 2.46 bits per heavy atom. The SMILES string of the molecule is CCN(CC)C(=O)c1cc(N2CCC(Cc3ccccc3)CC2)ccn1. The van der Waals surface area contributed by atoms with Crippen LogP contribution < -0.4 is 4.90 Å². The highest BCUT2D eigenvalue weighted by molar-refractivity contribution is 5.93. The fraction of sp³-hybridized carbons (Fsp3) is 0.455. The molecule has 138 valence electrons. The maximum Gasteiger partial charge on any atom is 0.272 e. The van der Waals surface area contributed by atoms with Crippen molar-refractivity contribution in [3.05, 3.63) is 59.9 Å². The van der Waals surface area contributed by atoms with Gasteiger partial charge in [0.1, 0.15) is 5.69 Å². The van der Waals surface area contributed by atoms with Gasteiger partial charge in [0, 0.05) is 38.1 Å². The van der Waals surface area contributed by atoms with Crippen molar-refractivity contribution in [2.24, 2.45) is 5.92 Å². The molecule has 0 atom stereocenters. The molecule has 0 N–H and O–H groups in total. The molecular weight excluding hydrogens is 322 g/mol. The average Bonchev–Trinajstić information content (AvgIpc) is 2.70. The first-order valence-electron chi connectivity index (χ1n) is 9.75. The third kappa shape index (κ3) is 4.43. The molecule has 0 radical (unpaired) electrons. The summed E-state index contributed by atoms with van der Waals surface area (Å²) in [5.74, 6) is 0.767. The number of carbonyl (C=O) groups excluding carboxylic acids is 1. The monoisotopic (exact) mass is 351 g/mol. The third-order valence-corrected chi connectivity index (χ3v) is 5.36. The molecule has 1 amide bonds. The van der Waals surface area contributed by atoms with E-state index in [1.807, 2.05) is 30.9 Å². The van der Waals surface area contributed by atoms with Crippen LogP contribution in [0.25, 0.3) is 0 Å². The molecule has 0 spiro atoms. The van der Waals surface area contributed by atoms with E-state index in [1.54, 1.807) is 6.20 Å². The van der Waals surface area contributed by atoms with Crippen molar-refractivity contribution in [3.63, 3.8) is 0 Å². The minimum absolute atomic E-state index is 0.0239. The van der Waals surface area contributed by atoms with E-state index < -0.39 is 0 Å². The summed E-state index contributed by atoms with van der Waals surface area (Å²) in [6.45, 7) is 7.52. The van der Waals surface area contributed by atoms with E-state index >= 15 is 0 Å². The van der Waals surface area contributed by atoms with Gasteiger partial charge in [0.25, 0.3) is 5.91 Å². The van der Waals surface area contributed by atoms with Crippen LogP contribution in [-0.4, -0.2) is 42.0 Å². The number of benzene rings is 1. The van der Waals surface area contributed by atoms with Crippen molar-refractivity contribution in [2.75, 3.05) is 31.1 Å². The number of anilines is 1. The van der Waals surface area contributed by atoms with Crippen LogP contribution in [0, 0.1) is 5.92 Å². The van der Waals surface area contributed by atoms with Gasteiger partial charge in [0.2, 0.25) is 0 Å². The van der Waals surface area contributed by atoms with E-state index in [0.717, 1.165) is 31.1 Å². The number of nitrogens with zero attached hydrogens (tertiary/aromatic N) is 3.